The molecule has 5 rings (SSSR count). The molecule has 186 valence electrons. The van der Waals surface area contributed by atoms with Gasteiger partial charge in [-0.2, -0.15) is 0 Å². The summed E-state index contributed by atoms with van der Waals surface area (Å²) in [5.74, 6) is 1.04. The van der Waals surface area contributed by atoms with Gasteiger partial charge in [0.05, 0.1) is 16.5 Å². The van der Waals surface area contributed by atoms with Crippen molar-refractivity contribution in [3.05, 3.63) is 52.4 Å². The number of nitrogens with zero attached hydrogens (tertiary/aromatic N) is 4. The summed E-state index contributed by atoms with van der Waals surface area (Å²) < 4.78 is 24.9. The molecule has 4 aromatic rings. The number of rotatable bonds is 6. The van der Waals surface area contributed by atoms with Gasteiger partial charge in [-0.25, -0.2) is 8.42 Å². The molecular formula is C26H32ClN5O2S. The molecule has 35 heavy (non-hydrogen) atoms. The zero-order chi connectivity index (χ0) is 24.9. The lowest BCUT2D eigenvalue weighted by Gasteiger charge is -2.32. The topological polar surface area (TPSA) is 83.4 Å². The Morgan fingerprint density at radius 1 is 1.23 bits per heavy atom. The van der Waals surface area contributed by atoms with Crippen molar-refractivity contribution in [3.63, 3.8) is 0 Å². The molecule has 4 heterocycles. The molecule has 0 radical (unpaired) electrons. The van der Waals surface area contributed by atoms with Gasteiger partial charge >= 0.3 is 0 Å². The molecule has 0 amide bonds. The summed E-state index contributed by atoms with van der Waals surface area (Å²) in [5, 5.41) is 10.0. The van der Waals surface area contributed by atoms with Crippen molar-refractivity contribution < 1.29 is 8.42 Å². The molecule has 3 aromatic heterocycles. The molecule has 0 bridgehead atoms. The predicted octanol–water partition coefficient (Wildman–Crippen LogP) is 5.19. The Bertz CT molecular complexity index is 1500. The summed E-state index contributed by atoms with van der Waals surface area (Å²) in [7, 11) is -2.92. The van der Waals surface area contributed by atoms with Gasteiger partial charge in [0.15, 0.2) is 5.65 Å². The molecule has 1 saturated heterocycles. The van der Waals surface area contributed by atoms with Crippen LogP contribution < -0.4 is 0 Å². The Hall–Kier alpha value is -2.42. The normalized spacial score (nSPS) is 16.2. The van der Waals surface area contributed by atoms with Crippen molar-refractivity contribution in [2.45, 2.75) is 45.4 Å². The highest BCUT2D eigenvalue weighted by Crippen LogP contribution is 2.40. The van der Waals surface area contributed by atoms with E-state index in [0.29, 0.717) is 29.1 Å². The fraction of sp³-hybridized carbons (Fsp3) is 0.462. The number of aromatic amines is 1. The highest BCUT2D eigenvalue weighted by Gasteiger charge is 2.24. The number of piperidine rings is 1. The Kier molecular flexibility index (Phi) is 6.40. The summed E-state index contributed by atoms with van der Waals surface area (Å²) in [4.78, 5) is 5.95. The second kappa shape index (κ2) is 9.22. The van der Waals surface area contributed by atoms with Crippen LogP contribution in [0.25, 0.3) is 27.8 Å². The Morgan fingerprint density at radius 3 is 2.66 bits per heavy atom. The number of aromatic nitrogens is 4. The van der Waals surface area contributed by atoms with E-state index in [0.717, 1.165) is 48.3 Å². The van der Waals surface area contributed by atoms with E-state index >= 15 is 0 Å². The van der Waals surface area contributed by atoms with Crippen LogP contribution in [-0.4, -0.2) is 64.5 Å². The minimum Gasteiger partial charge on any atom is -0.354 e. The zero-order valence-corrected chi connectivity index (χ0v) is 22.2. The predicted molar refractivity (Wildman–Crippen MR) is 142 cm³/mol. The molecule has 0 saturated carbocycles. The fourth-order valence-corrected chi connectivity index (χ4v) is 6.18. The number of nitrogens with one attached hydrogen (secondary N) is 1. The first-order valence-corrected chi connectivity index (χ1v) is 14.6. The van der Waals surface area contributed by atoms with Crippen LogP contribution in [0.2, 0.25) is 5.02 Å². The van der Waals surface area contributed by atoms with E-state index in [1.165, 1.54) is 22.8 Å². The smallest absolute Gasteiger partial charge is 0.179 e. The molecule has 0 spiro atoms. The third-order valence-electron chi connectivity index (χ3n) is 7.32. The standard InChI is InChI=1S/C26H32ClN5O2S/c1-16(2)23-20-13-19(18-7-9-31(10-8-18)11-12-35(4,33)34)5-6-22(20)29-25(23)21-14-32-15-28-30-26(32)24(27)17(21)3/h5-6,13-16,18,29H,7-12H2,1-4H3. The van der Waals surface area contributed by atoms with E-state index in [9.17, 15) is 8.42 Å². The van der Waals surface area contributed by atoms with Gasteiger partial charge in [-0.15, -0.1) is 10.2 Å². The molecule has 0 aliphatic carbocycles. The van der Waals surface area contributed by atoms with E-state index in [1.54, 1.807) is 6.33 Å². The van der Waals surface area contributed by atoms with Crippen LogP contribution in [0.1, 0.15) is 55.2 Å². The van der Waals surface area contributed by atoms with Gasteiger partial charge in [0.25, 0.3) is 0 Å². The minimum atomic E-state index is -2.92. The maximum absolute atomic E-state index is 11.5. The molecule has 7 nitrogen and oxygen atoms in total. The number of benzene rings is 1. The first-order chi connectivity index (χ1) is 16.6. The number of pyridine rings is 1. The highest BCUT2D eigenvalue weighted by atomic mass is 35.5. The maximum Gasteiger partial charge on any atom is 0.179 e. The first-order valence-electron chi connectivity index (χ1n) is 12.2. The lowest BCUT2D eigenvalue weighted by Crippen LogP contribution is -2.36. The van der Waals surface area contributed by atoms with Crippen molar-refractivity contribution in [2.75, 3.05) is 31.6 Å². The molecule has 1 aliphatic rings. The van der Waals surface area contributed by atoms with Crippen molar-refractivity contribution in [1.29, 1.82) is 0 Å². The summed E-state index contributed by atoms with van der Waals surface area (Å²) in [6.45, 7) is 8.99. The Labute approximate surface area is 211 Å². The maximum atomic E-state index is 11.5. The summed E-state index contributed by atoms with van der Waals surface area (Å²) in [6, 6.07) is 6.80. The average molecular weight is 514 g/mol. The third-order valence-corrected chi connectivity index (χ3v) is 8.69. The lowest BCUT2D eigenvalue weighted by molar-refractivity contribution is 0.223. The number of fused-ring (bicyclic) bond motifs is 2. The van der Waals surface area contributed by atoms with Gasteiger partial charge in [-0.05, 0) is 73.5 Å². The first kappa shape index (κ1) is 24.3. The van der Waals surface area contributed by atoms with Gasteiger partial charge in [0.1, 0.15) is 16.2 Å². The summed E-state index contributed by atoms with van der Waals surface area (Å²) in [5.41, 5.74) is 7.58. The highest BCUT2D eigenvalue weighted by molar-refractivity contribution is 7.90. The Balaban J connectivity index is 1.48. The SMILES string of the molecule is Cc1c(-c2[nH]c3ccc(C4CCN(CCS(C)(=O)=O)CC4)cc3c2C(C)C)cn2cnnc2c1Cl. The molecule has 0 unspecified atom stereocenters. The van der Waals surface area contributed by atoms with E-state index in [1.807, 2.05) is 11.3 Å². The number of hydrogen-bond donors (Lipinski definition) is 1. The van der Waals surface area contributed by atoms with Crippen LogP contribution >= 0.6 is 11.6 Å². The second-order valence-electron chi connectivity index (χ2n) is 10.2. The molecular weight excluding hydrogens is 482 g/mol. The molecule has 1 aromatic carbocycles. The number of H-pyrrole nitrogens is 1. The van der Waals surface area contributed by atoms with Gasteiger partial charge in [0, 0.05) is 35.5 Å². The minimum absolute atomic E-state index is 0.234. The van der Waals surface area contributed by atoms with E-state index in [4.69, 9.17) is 11.6 Å². The second-order valence-corrected chi connectivity index (χ2v) is 12.8. The van der Waals surface area contributed by atoms with Crippen LogP contribution in [0.15, 0.2) is 30.7 Å². The largest absolute Gasteiger partial charge is 0.354 e. The molecule has 1 fully saturated rings. The average Bonchev–Trinajstić information content (AvgIpc) is 3.44. The van der Waals surface area contributed by atoms with Crippen molar-refractivity contribution in [1.82, 2.24) is 24.5 Å². The van der Waals surface area contributed by atoms with Gasteiger partial charge in [-0.3, -0.25) is 4.40 Å². The molecule has 1 N–H and O–H groups in total. The van der Waals surface area contributed by atoms with Gasteiger partial charge in [0.2, 0.25) is 0 Å². The summed E-state index contributed by atoms with van der Waals surface area (Å²) >= 11 is 6.66. The molecule has 1 aliphatic heterocycles. The van der Waals surface area contributed by atoms with Crippen molar-refractivity contribution in [2.24, 2.45) is 0 Å². The van der Waals surface area contributed by atoms with Crippen molar-refractivity contribution in [3.8, 4) is 11.3 Å². The van der Waals surface area contributed by atoms with Crippen LogP contribution in [0.4, 0.5) is 0 Å². The molecule has 9 heteroatoms. The van der Waals surface area contributed by atoms with Crippen LogP contribution in [0, 0.1) is 6.92 Å². The van der Waals surface area contributed by atoms with Crippen molar-refractivity contribution >= 4 is 38.0 Å². The lowest BCUT2D eigenvalue weighted by atomic mass is 9.87. The monoisotopic (exact) mass is 513 g/mol. The van der Waals surface area contributed by atoms with Gasteiger partial charge in [-0.1, -0.05) is 31.5 Å². The number of halogens is 1. The van der Waals surface area contributed by atoms with Crippen LogP contribution in [-0.2, 0) is 9.84 Å². The third kappa shape index (κ3) is 4.71. The van der Waals surface area contributed by atoms with E-state index in [-0.39, 0.29) is 5.75 Å². The van der Waals surface area contributed by atoms with Crippen LogP contribution in [0.3, 0.4) is 0 Å². The Morgan fingerprint density at radius 2 is 1.97 bits per heavy atom. The number of likely N-dealkylation sites (tertiary alicyclic amines) is 1. The number of sulfone groups is 1. The number of hydrogen-bond acceptors (Lipinski definition) is 5. The van der Waals surface area contributed by atoms with Gasteiger partial charge < -0.3 is 9.88 Å². The summed E-state index contributed by atoms with van der Waals surface area (Å²) in [6.07, 6.45) is 7.14. The van der Waals surface area contributed by atoms with E-state index in [2.05, 4.69) is 58.3 Å². The quantitative estimate of drug-likeness (QED) is 0.383. The fourth-order valence-electron chi connectivity index (χ4n) is 5.35. The van der Waals surface area contributed by atoms with E-state index < -0.39 is 9.84 Å². The van der Waals surface area contributed by atoms with Crippen LogP contribution in [0.5, 0.6) is 0 Å². The zero-order valence-electron chi connectivity index (χ0n) is 20.7. The molecule has 0 atom stereocenters.